The van der Waals surface area contributed by atoms with Crippen LogP contribution >= 0.6 is 0 Å². The molecule has 1 heterocycles. The Kier molecular flexibility index (Phi) is 5.48. The van der Waals surface area contributed by atoms with Gasteiger partial charge in [-0.2, -0.15) is 0 Å². The number of amides is 2. The van der Waals surface area contributed by atoms with Gasteiger partial charge in [-0.15, -0.1) is 0 Å². The third-order valence-corrected chi connectivity index (χ3v) is 4.74. The maximum atomic E-state index is 12.3. The predicted molar refractivity (Wildman–Crippen MR) is 98.3 cm³/mol. The van der Waals surface area contributed by atoms with Crippen molar-refractivity contribution < 1.29 is 14.5 Å². The summed E-state index contributed by atoms with van der Waals surface area (Å²) in [6.45, 7) is 1.79. The summed E-state index contributed by atoms with van der Waals surface area (Å²) in [5, 5.41) is 16.4. The van der Waals surface area contributed by atoms with Crippen LogP contribution in [0.1, 0.15) is 18.4 Å². The Bertz CT molecular complexity index is 773. The molecule has 1 saturated heterocycles. The summed E-state index contributed by atoms with van der Waals surface area (Å²) in [6, 6.07) is 15.6. The molecule has 0 spiro atoms. The van der Waals surface area contributed by atoms with Crippen molar-refractivity contribution in [3.63, 3.8) is 0 Å². The Morgan fingerprint density at radius 3 is 2.54 bits per heavy atom. The second-order valence-electron chi connectivity index (χ2n) is 6.37. The van der Waals surface area contributed by atoms with E-state index in [0.29, 0.717) is 25.4 Å². The molecule has 1 aliphatic rings. The first-order valence-electron chi connectivity index (χ1n) is 8.52. The smallest absolute Gasteiger partial charge is 0.319 e. The number of urea groups is 1. The molecule has 2 amide bonds. The molecule has 0 aliphatic carbocycles. The second kappa shape index (κ2) is 7.97. The molecule has 0 radical (unpaired) electrons. The van der Waals surface area contributed by atoms with E-state index in [-0.39, 0.29) is 17.1 Å². The summed E-state index contributed by atoms with van der Waals surface area (Å²) < 4.78 is 5.49. The van der Waals surface area contributed by atoms with Crippen LogP contribution in [0.25, 0.3) is 0 Å². The summed E-state index contributed by atoms with van der Waals surface area (Å²) >= 11 is 0. The molecule has 0 saturated carbocycles. The number of nitro benzene ring substituents is 1. The summed E-state index contributed by atoms with van der Waals surface area (Å²) in [6.07, 6.45) is 1.65. The van der Waals surface area contributed by atoms with Gasteiger partial charge in [0.05, 0.1) is 4.92 Å². The highest BCUT2D eigenvalue weighted by atomic mass is 16.6. The number of ether oxygens (including phenoxy) is 1. The lowest BCUT2D eigenvalue weighted by Crippen LogP contribution is -2.45. The monoisotopic (exact) mass is 355 g/mol. The van der Waals surface area contributed by atoms with Gasteiger partial charge in [-0.25, -0.2) is 4.79 Å². The molecule has 2 aromatic rings. The molecule has 136 valence electrons. The Balaban J connectivity index is 1.66. The fraction of sp³-hybridized carbons (Fsp3) is 0.316. The van der Waals surface area contributed by atoms with E-state index in [0.717, 1.165) is 12.8 Å². The van der Waals surface area contributed by atoms with Crippen molar-refractivity contribution in [1.29, 1.82) is 0 Å². The minimum atomic E-state index is -0.491. The lowest BCUT2D eigenvalue weighted by molar-refractivity contribution is -0.384. The van der Waals surface area contributed by atoms with E-state index in [9.17, 15) is 14.9 Å². The molecule has 1 aliphatic heterocycles. The first-order valence-corrected chi connectivity index (χ1v) is 8.52. The number of hydrogen-bond acceptors (Lipinski definition) is 4. The number of anilines is 1. The molecular weight excluding hydrogens is 334 g/mol. The Morgan fingerprint density at radius 1 is 1.12 bits per heavy atom. The molecule has 1 fully saturated rings. The molecule has 26 heavy (non-hydrogen) atoms. The Morgan fingerprint density at radius 2 is 1.85 bits per heavy atom. The number of rotatable bonds is 5. The molecule has 0 aromatic heterocycles. The van der Waals surface area contributed by atoms with Gasteiger partial charge in [0.2, 0.25) is 0 Å². The van der Waals surface area contributed by atoms with Gasteiger partial charge in [0, 0.05) is 43.0 Å². The van der Waals surface area contributed by atoms with Gasteiger partial charge in [-0.1, -0.05) is 36.4 Å². The van der Waals surface area contributed by atoms with Crippen LogP contribution < -0.4 is 10.6 Å². The summed E-state index contributed by atoms with van der Waals surface area (Å²) in [5.74, 6) is 0. The zero-order valence-electron chi connectivity index (χ0n) is 14.3. The molecule has 2 aromatic carbocycles. The number of carbonyl (C=O) groups excluding carboxylic acids is 1. The van der Waals surface area contributed by atoms with Crippen molar-refractivity contribution in [2.45, 2.75) is 18.3 Å². The maximum absolute atomic E-state index is 12.3. The van der Waals surface area contributed by atoms with Crippen LogP contribution in [-0.2, 0) is 10.2 Å². The number of benzene rings is 2. The van der Waals surface area contributed by atoms with Crippen LogP contribution in [0, 0.1) is 10.1 Å². The SMILES string of the molecule is O=C(NCC1(c2ccccc2)CCOCC1)Nc1cccc([N+](=O)[O-])c1. The highest BCUT2D eigenvalue weighted by Gasteiger charge is 2.34. The molecule has 0 bridgehead atoms. The fourth-order valence-corrected chi connectivity index (χ4v) is 3.24. The van der Waals surface area contributed by atoms with E-state index in [4.69, 9.17) is 4.74 Å². The minimum Gasteiger partial charge on any atom is -0.381 e. The van der Waals surface area contributed by atoms with Gasteiger partial charge < -0.3 is 15.4 Å². The van der Waals surface area contributed by atoms with Gasteiger partial charge in [-0.3, -0.25) is 10.1 Å². The average Bonchev–Trinajstić information content (AvgIpc) is 2.68. The molecule has 3 rings (SSSR count). The van der Waals surface area contributed by atoms with E-state index < -0.39 is 4.92 Å². The summed E-state index contributed by atoms with van der Waals surface area (Å²) in [5.41, 5.74) is 1.34. The Labute approximate surface area is 151 Å². The van der Waals surface area contributed by atoms with Crippen LogP contribution in [0.15, 0.2) is 54.6 Å². The highest BCUT2D eigenvalue weighted by Crippen LogP contribution is 2.34. The molecule has 7 nitrogen and oxygen atoms in total. The predicted octanol–water partition coefficient (Wildman–Crippen LogP) is 3.46. The normalized spacial score (nSPS) is 15.8. The second-order valence-corrected chi connectivity index (χ2v) is 6.37. The van der Waals surface area contributed by atoms with Gasteiger partial charge in [0.25, 0.3) is 5.69 Å². The van der Waals surface area contributed by atoms with Crippen molar-refractivity contribution in [2.75, 3.05) is 25.1 Å². The molecule has 0 atom stereocenters. The zero-order valence-corrected chi connectivity index (χ0v) is 14.3. The van der Waals surface area contributed by atoms with Crippen LogP contribution in [0.2, 0.25) is 0 Å². The number of non-ortho nitro benzene ring substituents is 1. The summed E-state index contributed by atoms with van der Waals surface area (Å²) in [4.78, 5) is 22.6. The standard InChI is InChI=1S/C19H21N3O4/c23-18(21-16-7-4-8-17(13-16)22(24)25)20-14-19(9-11-26-12-10-19)15-5-2-1-3-6-15/h1-8,13H,9-12,14H2,(H2,20,21,23). The van der Waals surface area contributed by atoms with Gasteiger partial charge in [-0.05, 0) is 24.5 Å². The largest absolute Gasteiger partial charge is 0.381 e. The number of nitro groups is 1. The topological polar surface area (TPSA) is 93.5 Å². The Hall–Kier alpha value is -2.93. The molecule has 7 heteroatoms. The van der Waals surface area contributed by atoms with Crippen LogP contribution in [0.4, 0.5) is 16.2 Å². The number of nitrogens with zero attached hydrogens (tertiary/aromatic N) is 1. The minimum absolute atomic E-state index is 0.0621. The maximum Gasteiger partial charge on any atom is 0.319 e. The van der Waals surface area contributed by atoms with Crippen molar-refractivity contribution in [1.82, 2.24) is 5.32 Å². The average molecular weight is 355 g/mol. The van der Waals surface area contributed by atoms with Gasteiger partial charge in [0.1, 0.15) is 0 Å². The quantitative estimate of drug-likeness (QED) is 0.634. The van der Waals surface area contributed by atoms with Crippen LogP contribution in [0.3, 0.4) is 0 Å². The third-order valence-electron chi connectivity index (χ3n) is 4.74. The van der Waals surface area contributed by atoms with Crippen molar-refractivity contribution in [3.8, 4) is 0 Å². The first kappa shape index (κ1) is 17.9. The molecule has 0 unspecified atom stereocenters. The lowest BCUT2D eigenvalue weighted by atomic mass is 9.74. The van der Waals surface area contributed by atoms with Crippen molar-refractivity contribution >= 4 is 17.4 Å². The van der Waals surface area contributed by atoms with Crippen molar-refractivity contribution in [2.24, 2.45) is 0 Å². The van der Waals surface area contributed by atoms with Crippen molar-refractivity contribution in [3.05, 3.63) is 70.3 Å². The van der Waals surface area contributed by atoms with Crippen LogP contribution in [0.5, 0.6) is 0 Å². The highest BCUT2D eigenvalue weighted by molar-refractivity contribution is 5.89. The van der Waals surface area contributed by atoms with E-state index in [1.165, 1.54) is 23.8 Å². The number of hydrogen-bond donors (Lipinski definition) is 2. The zero-order chi connectivity index (χ0) is 18.4. The van der Waals surface area contributed by atoms with Crippen LogP contribution in [-0.4, -0.2) is 30.7 Å². The third kappa shape index (κ3) is 4.18. The van der Waals surface area contributed by atoms with E-state index in [1.807, 2.05) is 18.2 Å². The van der Waals surface area contributed by atoms with E-state index in [2.05, 4.69) is 22.8 Å². The summed E-state index contributed by atoms with van der Waals surface area (Å²) in [7, 11) is 0. The number of carbonyl (C=O) groups is 1. The fourth-order valence-electron chi connectivity index (χ4n) is 3.24. The van der Waals surface area contributed by atoms with E-state index in [1.54, 1.807) is 6.07 Å². The lowest BCUT2D eigenvalue weighted by Gasteiger charge is -2.38. The van der Waals surface area contributed by atoms with Gasteiger partial charge >= 0.3 is 6.03 Å². The van der Waals surface area contributed by atoms with E-state index >= 15 is 0 Å². The molecule has 2 N–H and O–H groups in total. The first-order chi connectivity index (χ1) is 12.6. The molecular formula is C19H21N3O4. The van der Waals surface area contributed by atoms with Gasteiger partial charge in [0.15, 0.2) is 0 Å². The number of nitrogens with one attached hydrogen (secondary N) is 2.